The number of ketones is 1. The molecule has 4 heteroatoms. The number of rotatable bonds is 4. The van der Waals surface area contributed by atoms with Crippen LogP contribution < -0.4 is 0 Å². The molecule has 0 atom stereocenters. The van der Waals surface area contributed by atoms with Gasteiger partial charge in [0.2, 0.25) is 5.78 Å². The molecule has 0 aromatic heterocycles. The number of hydrogen-bond donors (Lipinski definition) is 0. The van der Waals surface area contributed by atoms with Crippen LogP contribution in [0.1, 0.15) is 31.8 Å². The van der Waals surface area contributed by atoms with E-state index in [2.05, 4.69) is 0 Å². The number of hydrogen-bond acceptors (Lipinski definition) is 3. The maximum atomic E-state index is 12.1. The van der Waals surface area contributed by atoms with E-state index in [0.29, 0.717) is 10.6 Å². The molecular formula is C17H15ClO3. The average Bonchev–Trinajstić information content (AvgIpc) is 2.45. The van der Waals surface area contributed by atoms with E-state index in [1.807, 2.05) is 26.0 Å². The summed E-state index contributed by atoms with van der Waals surface area (Å²) in [5, 5.41) is 0.307. The van der Waals surface area contributed by atoms with Gasteiger partial charge in [-0.25, -0.2) is 4.79 Å². The molecule has 0 bridgehead atoms. The fourth-order valence-electron chi connectivity index (χ4n) is 2.04. The first-order valence-corrected chi connectivity index (χ1v) is 6.89. The van der Waals surface area contributed by atoms with Crippen LogP contribution in [-0.4, -0.2) is 18.4 Å². The lowest BCUT2D eigenvalue weighted by molar-refractivity contribution is 0.0474. The largest absolute Gasteiger partial charge is 0.454 e. The number of aryl methyl sites for hydroxylation is 2. The van der Waals surface area contributed by atoms with Crippen LogP contribution in [0.3, 0.4) is 0 Å². The molecule has 0 amide bonds. The minimum atomic E-state index is -0.598. The van der Waals surface area contributed by atoms with Crippen LogP contribution in [0, 0.1) is 13.8 Å². The van der Waals surface area contributed by atoms with Crippen LogP contribution in [0.4, 0.5) is 0 Å². The van der Waals surface area contributed by atoms with Gasteiger partial charge in [0.15, 0.2) is 6.61 Å². The summed E-state index contributed by atoms with van der Waals surface area (Å²) in [5.41, 5.74) is 2.77. The summed E-state index contributed by atoms with van der Waals surface area (Å²) < 4.78 is 5.04. The highest BCUT2D eigenvalue weighted by Gasteiger charge is 2.15. The number of carbonyl (C=O) groups excluding carboxylic acids is 2. The van der Waals surface area contributed by atoms with Gasteiger partial charge in [0.05, 0.1) is 10.6 Å². The van der Waals surface area contributed by atoms with Crippen LogP contribution in [0.2, 0.25) is 5.02 Å². The van der Waals surface area contributed by atoms with Crippen molar-refractivity contribution in [3.8, 4) is 0 Å². The van der Waals surface area contributed by atoms with Crippen LogP contribution in [0.15, 0.2) is 42.5 Å². The summed E-state index contributed by atoms with van der Waals surface area (Å²) in [4.78, 5) is 24.0. The number of carbonyl (C=O) groups is 2. The summed E-state index contributed by atoms with van der Waals surface area (Å²) in [6, 6.07) is 12.1. The van der Waals surface area contributed by atoms with E-state index < -0.39 is 5.97 Å². The molecule has 0 N–H and O–H groups in total. The third kappa shape index (κ3) is 3.70. The Hall–Kier alpha value is -2.13. The van der Waals surface area contributed by atoms with Gasteiger partial charge < -0.3 is 4.74 Å². The van der Waals surface area contributed by atoms with Gasteiger partial charge in [-0.2, -0.15) is 0 Å². The Kier molecular flexibility index (Phi) is 4.76. The van der Waals surface area contributed by atoms with E-state index >= 15 is 0 Å². The zero-order chi connectivity index (χ0) is 15.4. The quantitative estimate of drug-likeness (QED) is 0.633. The average molecular weight is 303 g/mol. The Labute approximate surface area is 128 Å². The predicted molar refractivity (Wildman–Crippen MR) is 82.0 cm³/mol. The topological polar surface area (TPSA) is 43.4 Å². The maximum absolute atomic E-state index is 12.1. The van der Waals surface area contributed by atoms with Crippen LogP contribution in [-0.2, 0) is 4.74 Å². The van der Waals surface area contributed by atoms with E-state index in [1.54, 1.807) is 30.3 Å². The lowest BCUT2D eigenvalue weighted by Crippen LogP contribution is -2.15. The van der Waals surface area contributed by atoms with E-state index in [1.165, 1.54) is 0 Å². The zero-order valence-electron chi connectivity index (χ0n) is 11.9. The first-order valence-electron chi connectivity index (χ1n) is 6.51. The number of halogens is 1. The van der Waals surface area contributed by atoms with Crippen molar-refractivity contribution in [2.24, 2.45) is 0 Å². The molecule has 2 aromatic rings. The smallest absolute Gasteiger partial charge is 0.340 e. The molecule has 0 unspecified atom stereocenters. The third-order valence-electron chi connectivity index (χ3n) is 3.11. The van der Waals surface area contributed by atoms with Crippen LogP contribution >= 0.6 is 11.6 Å². The molecular weight excluding hydrogens is 288 g/mol. The molecule has 0 saturated carbocycles. The molecule has 2 aromatic carbocycles. The van der Waals surface area contributed by atoms with E-state index in [4.69, 9.17) is 16.3 Å². The third-order valence-corrected chi connectivity index (χ3v) is 3.44. The molecule has 0 aliphatic heterocycles. The Morgan fingerprint density at radius 3 is 2.43 bits per heavy atom. The Balaban J connectivity index is 2.04. The van der Waals surface area contributed by atoms with E-state index in [0.717, 1.165) is 11.1 Å². The van der Waals surface area contributed by atoms with Gasteiger partial charge in [0, 0.05) is 5.56 Å². The first-order chi connectivity index (χ1) is 9.99. The molecule has 108 valence electrons. The number of ether oxygens (including phenoxy) is 1. The maximum Gasteiger partial charge on any atom is 0.340 e. The summed E-state index contributed by atoms with van der Waals surface area (Å²) >= 11 is 5.91. The van der Waals surface area contributed by atoms with Gasteiger partial charge >= 0.3 is 5.97 Å². The molecule has 0 aliphatic carbocycles. The highest BCUT2D eigenvalue weighted by molar-refractivity contribution is 6.33. The van der Waals surface area contributed by atoms with Gasteiger partial charge in [-0.15, -0.1) is 0 Å². The highest BCUT2D eigenvalue weighted by Crippen LogP contribution is 2.16. The minimum absolute atomic E-state index is 0.229. The lowest BCUT2D eigenvalue weighted by atomic mass is 10.0. The number of Topliss-reactive ketones (excluding diaryl/α,β-unsaturated/α-hetero) is 1. The van der Waals surface area contributed by atoms with Crippen LogP contribution in [0.25, 0.3) is 0 Å². The van der Waals surface area contributed by atoms with Crippen molar-refractivity contribution < 1.29 is 14.3 Å². The molecule has 0 heterocycles. The molecule has 0 spiro atoms. The van der Waals surface area contributed by atoms with Crippen molar-refractivity contribution in [2.45, 2.75) is 13.8 Å². The Morgan fingerprint density at radius 2 is 1.76 bits per heavy atom. The van der Waals surface area contributed by atoms with Gasteiger partial charge in [-0.1, -0.05) is 47.5 Å². The molecule has 3 nitrogen and oxygen atoms in total. The van der Waals surface area contributed by atoms with Gasteiger partial charge in [0.25, 0.3) is 0 Å². The Bertz CT molecular complexity index is 692. The molecule has 0 fully saturated rings. The second kappa shape index (κ2) is 6.55. The monoisotopic (exact) mass is 302 g/mol. The molecule has 2 rings (SSSR count). The van der Waals surface area contributed by atoms with Gasteiger partial charge in [-0.05, 0) is 31.5 Å². The highest BCUT2D eigenvalue weighted by atomic mass is 35.5. The van der Waals surface area contributed by atoms with Crippen molar-refractivity contribution in [1.29, 1.82) is 0 Å². The van der Waals surface area contributed by atoms with Crippen molar-refractivity contribution in [3.63, 3.8) is 0 Å². The fraction of sp³-hybridized carbons (Fsp3) is 0.176. The van der Waals surface area contributed by atoms with E-state index in [-0.39, 0.29) is 18.0 Å². The summed E-state index contributed by atoms with van der Waals surface area (Å²) in [6.07, 6.45) is 0. The standard InChI is InChI=1S/C17H15ClO3/c1-11-7-8-13(12(2)9-11)16(19)10-21-17(20)14-5-3-4-6-15(14)18/h3-9H,10H2,1-2H3. The second-order valence-electron chi connectivity index (χ2n) is 4.80. The van der Waals surface area contributed by atoms with Crippen molar-refractivity contribution in [1.82, 2.24) is 0 Å². The molecule has 0 saturated heterocycles. The van der Waals surface area contributed by atoms with E-state index in [9.17, 15) is 9.59 Å². The zero-order valence-corrected chi connectivity index (χ0v) is 12.6. The fourth-order valence-corrected chi connectivity index (χ4v) is 2.25. The molecule has 0 aliphatic rings. The molecule has 0 radical (unpaired) electrons. The normalized spacial score (nSPS) is 10.2. The van der Waals surface area contributed by atoms with Crippen LogP contribution in [0.5, 0.6) is 0 Å². The first kappa shape index (κ1) is 15.3. The van der Waals surface area contributed by atoms with Crippen molar-refractivity contribution in [2.75, 3.05) is 6.61 Å². The van der Waals surface area contributed by atoms with Crippen molar-refractivity contribution >= 4 is 23.4 Å². The number of esters is 1. The Morgan fingerprint density at radius 1 is 1.05 bits per heavy atom. The summed E-state index contributed by atoms with van der Waals surface area (Å²) in [6.45, 7) is 3.52. The van der Waals surface area contributed by atoms with Crippen molar-refractivity contribution in [3.05, 3.63) is 69.7 Å². The van der Waals surface area contributed by atoms with Gasteiger partial charge in [0.1, 0.15) is 0 Å². The molecule has 21 heavy (non-hydrogen) atoms. The SMILES string of the molecule is Cc1ccc(C(=O)COC(=O)c2ccccc2Cl)c(C)c1. The minimum Gasteiger partial charge on any atom is -0.454 e. The van der Waals surface area contributed by atoms with Gasteiger partial charge in [-0.3, -0.25) is 4.79 Å². The lowest BCUT2D eigenvalue weighted by Gasteiger charge is -2.08. The number of benzene rings is 2. The summed E-state index contributed by atoms with van der Waals surface area (Å²) in [5.74, 6) is -0.827. The predicted octanol–water partition coefficient (Wildman–Crippen LogP) is 4.00. The summed E-state index contributed by atoms with van der Waals surface area (Å²) in [7, 11) is 0. The second-order valence-corrected chi connectivity index (χ2v) is 5.20.